The van der Waals surface area contributed by atoms with Gasteiger partial charge in [0.15, 0.2) is 0 Å². The Balaban J connectivity index is 1.46. The molecule has 4 nitrogen and oxygen atoms in total. The van der Waals surface area contributed by atoms with Crippen LogP contribution in [0, 0.1) is 11.2 Å². The number of rotatable bonds is 4. The number of nitrogens with zero attached hydrogens (tertiary/aromatic N) is 1. The highest BCUT2D eigenvalue weighted by molar-refractivity contribution is 5.91. The number of ether oxygens (including phenoxy) is 1. The summed E-state index contributed by atoms with van der Waals surface area (Å²) < 4.78 is 20.0. The van der Waals surface area contributed by atoms with Gasteiger partial charge in [-0.15, -0.1) is 0 Å². The number of halogens is 1. The van der Waals surface area contributed by atoms with E-state index in [1.165, 1.54) is 6.07 Å². The number of benzene rings is 1. The van der Waals surface area contributed by atoms with Gasteiger partial charge >= 0.3 is 0 Å². The summed E-state index contributed by atoms with van der Waals surface area (Å²) in [7, 11) is 0. The van der Waals surface area contributed by atoms with Crippen molar-refractivity contribution < 1.29 is 19.0 Å². The predicted octanol–water partition coefficient (Wildman–Crippen LogP) is 2.64. The zero-order valence-corrected chi connectivity index (χ0v) is 14.7. The van der Waals surface area contributed by atoms with Crippen molar-refractivity contribution in [3.63, 3.8) is 0 Å². The van der Waals surface area contributed by atoms with Crippen LogP contribution < -0.4 is 0 Å². The SMILES string of the molecule is CCOC1CC(O)C12CCN(C(=O)C1(c3ccccc3F)CC1)CC2. The van der Waals surface area contributed by atoms with Gasteiger partial charge in [-0.25, -0.2) is 4.39 Å². The van der Waals surface area contributed by atoms with Crippen LogP contribution >= 0.6 is 0 Å². The number of hydrogen-bond acceptors (Lipinski definition) is 3. The lowest BCUT2D eigenvalue weighted by atomic mass is 9.58. The number of carbonyl (C=O) groups excluding carboxylic acids is 1. The molecule has 0 bridgehead atoms. The van der Waals surface area contributed by atoms with E-state index in [0.29, 0.717) is 31.7 Å². The number of carbonyl (C=O) groups is 1. The summed E-state index contributed by atoms with van der Waals surface area (Å²) >= 11 is 0. The molecule has 3 aliphatic rings. The van der Waals surface area contributed by atoms with Crippen LogP contribution in [-0.4, -0.2) is 47.8 Å². The van der Waals surface area contributed by atoms with E-state index >= 15 is 0 Å². The van der Waals surface area contributed by atoms with Crippen LogP contribution in [0.1, 0.15) is 44.6 Å². The molecule has 1 aliphatic heterocycles. The van der Waals surface area contributed by atoms with Crippen LogP contribution in [-0.2, 0) is 14.9 Å². The van der Waals surface area contributed by atoms with Gasteiger partial charge in [-0.1, -0.05) is 18.2 Å². The molecule has 25 heavy (non-hydrogen) atoms. The number of hydrogen-bond donors (Lipinski definition) is 1. The van der Waals surface area contributed by atoms with E-state index in [4.69, 9.17) is 4.74 Å². The third-order valence-corrected chi connectivity index (χ3v) is 6.64. The lowest BCUT2D eigenvalue weighted by Gasteiger charge is -2.56. The van der Waals surface area contributed by atoms with Crippen molar-refractivity contribution in [2.24, 2.45) is 5.41 Å². The number of aliphatic hydroxyl groups excluding tert-OH is 1. The third kappa shape index (κ3) is 2.51. The molecule has 1 aromatic rings. The first-order chi connectivity index (χ1) is 12.0. The molecule has 1 heterocycles. The molecule has 0 aromatic heterocycles. The van der Waals surface area contributed by atoms with Gasteiger partial charge in [0.05, 0.1) is 17.6 Å². The van der Waals surface area contributed by atoms with E-state index in [2.05, 4.69) is 0 Å². The van der Waals surface area contributed by atoms with Crippen molar-refractivity contribution in [3.05, 3.63) is 35.6 Å². The van der Waals surface area contributed by atoms with E-state index in [9.17, 15) is 14.3 Å². The van der Waals surface area contributed by atoms with E-state index in [0.717, 1.165) is 25.7 Å². The Morgan fingerprint density at radius 2 is 1.96 bits per heavy atom. The highest BCUT2D eigenvalue weighted by Crippen LogP contribution is 2.54. The zero-order valence-electron chi connectivity index (χ0n) is 14.7. The molecule has 1 N–H and O–H groups in total. The van der Waals surface area contributed by atoms with Crippen LogP contribution in [0.4, 0.5) is 4.39 Å². The molecular weight excluding hydrogens is 321 g/mol. The highest BCUT2D eigenvalue weighted by atomic mass is 19.1. The van der Waals surface area contributed by atoms with Crippen molar-refractivity contribution in [1.29, 1.82) is 0 Å². The number of piperidine rings is 1. The highest BCUT2D eigenvalue weighted by Gasteiger charge is 2.59. The van der Waals surface area contributed by atoms with E-state index in [1.807, 2.05) is 11.8 Å². The molecule has 1 aromatic carbocycles. The molecule has 2 unspecified atom stereocenters. The summed E-state index contributed by atoms with van der Waals surface area (Å²) in [5, 5.41) is 10.3. The molecule has 2 atom stereocenters. The fraction of sp³-hybridized carbons (Fsp3) is 0.650. The van der Waals surface area contributed by atoms with E-state index < -0.39 is 5.41 Å². The summed E-state index contributed by atoms with van der Waals surface area (Å²) in [5.41, 5.74) is -0.314. The smallest absolute Gasteiger partial charge is 0.233 e. The lowest BCUT2D eigenvalue weighted by Crippen LogP contribution is -2.63. The molecule has 2 aliphatic carbocycles. The first kappa shape index (κ1) is 17.0. The number of likely N-dealkylation sites (tertiary alicyclic amines) is 1. The van der Waals surface area contributed by atoms with Crippen molar-refractivity contribution in [2.45, 2.75) is 56.7 Å². The average molecular weight is 347 g/mol. The summed E-state index contributed by atoms with van der Waals surface area (Å²) in [4.78, 5) is 15.0. The summed E-state index contributed by atoms with van der Waals surface area (Å²) in [5.74, 6) is -0.234. The molecule has 0 radical (unpaired) electrons. The van der Waals surface area contributed by atoms with Crippen molar-refractivity contribution in [2.75, 3.05) is 19.7 Å². The van der Waals surface area contributed by atoms with Gasteiger partial charge in [-0.2, -0.15) is 0 Å². The van der Waals surface area contributed by atoms with Crippen LogP contribution in [0.2, 0.25) is 0 Å². The Kier molecular flexibility index (Phi) is 4.12. The van der Waals surface area contributed by atoms with Crippen molar-refractivity contribution in [1.82, 2.24) is 4.90 Å². The number of aliphatic hydroxyl groups is 1. The second-order valence-corrected chi connectivity index (χ2v) is 7.78. The van der Waals surface area contributed by atoms with Gasteiger partial charge in [0.1, 0.15) is 5.82 Å². The van der Waals surface area contributed by atoms with Gasteiger partial charge in [-0.05, 0) is 38.7 Å². The minimum atomic E-state index is -0.659. The fourth-order valence-electron chi connectivity index (χ4n) is 4.82. The largest absolute Gasteiger partial charge is 0.392 e. The Morgan fingerprint density at radius 1 is 1.28 bits per heavy atom. The Labute approximate surface area is 148 Å². The zero-order chi connectivity index (χ0) is 17.7. The van der Waals surface area contributed by atoms with Gasteiger partial charge in [0, 0.05) is 37.1 Å². The average Bonchev–Trinajstić information content (AvgIpc) is 3.43. The van der Waals surface area contributed by atoms with Crippen LogP contribution in [0.25, 0.3) is 0 Å². The monoisotopic (exact) mass is 347 g/mol. The molecule has 4 rings (SSSR count). The number of amides is 1. The first-order valence-corrected chi connectivity index (χ1v) is 9.37. The molecule has 1 spiro atoms. The van der Waals surface area contributed by atoms with Crippen LogP contribution in [0.15, 0.2) is 24.3 Å². The van der Waals surface area contributed by atoms with Crippen LogP contribution in [0.3, 0.4) is 0 Å². The molecule has 3 fully saturated rings. The molecule has 136 valence electrons. The Bertz CT molecular complexity index is 663. The maximum absolute atomic E-state index is 14.2. The molecule has 1 amide bonds. The molecule has 1 saturated heterocycles. The third-order valence-electron chi connectivity index (χ3n) is 6.64. The minimum absolute atomic E-state index is 0.0502. The predicted molar refractivity (Wildman–Crippen MR) is 91.6 cm³/mol. The van der Waals surface area contributed by atoms with E-state index in [1.54, 1.807) is 18.2 Å². The second kappa shape index (κ2) is 6.06. The van der Waals surface area contributed by atoms with Crippen molar-refractivity contribution in [3.8, 4) is 0 Å². The van der Waals surface area contributed by atoms with Crippen molar-refractivity contribution >= 4 is 5.91 Å². The van der Waals surface area contributed by atoms with Crippen LogP contribution in [0.5, 0.6) is 0 Å². The van der Waals surface area contributed by atoms with Gasteiger partial charge in [0.2, 0.25) is 5.91 Å². The summed E-state index contributed by atoms with van der Waals surface area (Å²) in [6.45, 7) is 3.87. The topological polar surface area (TPSA) is 49.8 Å². The van der Waals surface area contributed by atoms with Gasteiger partial charge < -0.3 is 14.7 Å². The second-order valence-electron chi connectivity index (χ2n) is 7.78. The molecule has 5 heteroatoms. The maximum Gasteiger partial charge on any atom is 0.233 e. The quantitative estimate of drug-likeness (QED) is 0.911. The van der Waals surface area contributed by atoms with E-state index in [-0.39, 0.29) is 29.3 Å². The molecule has 2 saturated carbocycles. The normalized spacial score (nSPS) is 29.3. The minimum Gasteiger partial charge on any atom is -0.392 e. The van der Waals surface area contributed by atoms with Gasteiger partial charge in [0.25, 0.3) is 0 Å². The first-order valence-electron chi connectivity index (χ1n) is 9.37. The molecular formula is C20H26FNO3. The maximum atomic E-state index is 14.2. The van der Waals surface area contributed by atoms with Gasteiger partial charge in [-0.3, -0.25) is 4.79 Å². The standard InChI is InChI=1S/C20H26FNO3/c1-2-25-17-13-16(23)20(17)9-11-22(12-10-20)18(24)19(7-8-19)14-5-3-4-6-15(14)21/h3-6,16-17,23H,2,7-13H2,1H3. The fourth-order valence-corrected chi connectivity index (χ4v) is 4.82. The Hall–Kier alpha value is -1.46. The Morgan fingerprint density at radius 3 is 2.52 bits per heavy atom. The lowest BCUT2D eigenvalue weighted by molar-refractivity contribution is -0.210. The summed E-state index contributed by atoms with van der Waals surface area (Å²) in [6, 6.07) is 6.64. The summed E-state index contributed by atoms with van der Waals surface area (Å²) in [6.07, 6.45) is 3.43.